The summed E-state index contributed by atoms with van der Waals surface area (Å²) in [5.74, 6) is 1.60. The molecule has 0 aliphatic heterocycles. The zero-order valence-electron chi connectivity index (χ0n) is 12.4. The molecule has 1 unspecified atom stereocenters. The number of aliphatic hydroxyl groups excluding tert-OH is 1. The first-order valence-electron chi connectivity index (χ1n) is 6.89. The molecule has 1 heterocycles. The monoisotopic (exact) mass is 310 g/mol. The zero-order chi connectivity index (χ0) is 15.4. The van der Waals surface area contributed by atoms with E-state index in [-0.39, 0.29) is 0 Å². The van der Waals surface area contributed by atoms with Gasteiger partial charge in [0.2, 0.25) is 0 Å². The fourth-order valence-electron chi connectivity index (χ4n) is 2.10. The third kappa shape index (κ3) is 3.34. The van der Waals surface area contributed by atoms with E-state index >= 15 is 0 Å². The number of furan rings is 1. The Kier molecular flexibility index (Phi) is 5.15. The van der Waals surface area contributed by atoms with Crippen molar-refractivity contribution in [3.05, 3.63) is 46.4 Å². The third-order valence-electron chi connectivity index (χ3n) is 3.11. The van der Waals surface area contributed by atoms with Crippen LogP contribution in [-0.2, 0) is 0 Å². The van der Waals surface area contributed by atoms with Gasteiger partial charge in [-0.3, -0.25) is 0 Å². The van der Waals surface area contributed by atoms with Crippen molar-refractivity contribution in [3.63, 3.8) is 0 Å². The largest absolute Gasteiger partial charge is 0.490 e. The minimum atomic E-state index is -0.942. The molecule has 0 amide bonds. The van der Waals surface area contributed by atoms with Crippen molar-refractivity contribution in [1.29, 1.82) is 0 Å². The number of hydrogen-bond donors (Lipinski definition) is 1. The van der Waals surface area contributed by atoms with E-state index in [2.05, 4.69) is 0 Å². The van der Waals surface area contributed by atoms with Gasteiger partial charge in [-0.2, -0.15) is 0 Å². The maximum absolute atomic E-state index is 10.5. The van der Waals surface area contributed by atoms with Gasteiger partial charge in [0.15, 0.2) is 11.5 Å². The first-order valence-corrected chi connectivity index (χ1v) is 7.27. The normalized spacial score (nSPS) is 12.2. The lowest BCUT2D eigenvalue weighted by Crippen LogP contribution is -2.04. The molecule has 5 heteroatoms. The average Bonchev–Trinajstić information content (AvgIpc) is 2.87. The highest BCUT2D eigenvalue weighted by Crippen LogP contribution is 2.38. The number of ether oxygens (including phenoxy) is 2. The maximum Gasteiger partial charge on any atom is 0.162 e. The van der Waals surface area contributed by atoms with Crippen molar-refractivity contribution in [2.24, 2.45) is 0 Å². The molecule has 0 aliphatic carbocycles. The molecule has 2 aromatic rings. The predicted molar refractivity (Wildman–Crippen MR) is 81.3 cm³/mol. The molecular formula is C16H19ClO4. The van der Waals surface area contributed by atoms with Gasteiger partial charge in [0.1, 0.15) is 11.9 Å². The van der Waals surface area contributed by atoms with Crippen LogP contribution >= 0.6 is 11.6 Å². The van der Waals surface area contributed by atoms with Gasteiger partial charge in [-0.1, -0.05) is 11.6 Å². The molecule has 0 bridgehead atoms. The summed E-state index contributed by atoms with van der Waals surface area (Å²) in [6.07, 6.45) is 0.599. The molecule has 21 heavy (non-hydrogen) atoms. The standard InChI is InChI=1S/C16H19ClO4/c1-4-19-13-8-11(12(17)9-14(13)20-5-2)15(18)16-10(3)6-7-21-16/h6-9,15,18H,4-5H2,1-3H3. The molecule has 0 fully saturated rings. The van der Waals surface area contributed by atoms with Gasteiger partial charge < -0.3 is 19.0 Å². The molecule has 1 aromatic carbocycles. The lowest BCUT2D eigenvalue weighted by molar-refractivity contribution is 0.187. The Balaban J connectivity index is 2.44. The van der Waals surface area contributed by atoms with E-state index in [1.165, 1.54) is 0 Å². The number of aliphatic hydroxyl groups is 1. The van der Waals surface area contributed by atoms with Crippen molar-refractivity contribution < 1.29 is 19.0 Å². The molecule has 0 radical (unpaired) electrons. The number of rotatable bonds is 6. The van der Waals surface area contributed by atoms with Crippen LogP contribution in [0.3, 0.4) is 0 Å². The second-order valence-corrected chi connectivity index (χ2v) is 4.96. The van der Waals surface area contributed by atoms with Crippen LogP contribution in [0.5, 0.6) is 11.5 Å². The molecule has 1 atom stereocenters. The Labute approximate surface area is 129 Å². The second kappa shape index (κ2) is 6.87. The smallest absolute Gasteiger partial charge is 0.162 e. The Morgan fingerprint density at radius 1 is 1.19 bits per heavy atom. The van der Waals surface area contributed by atoms with E-state index in [1.54, 1.807) is 24.5 Å². The topological polar surface area (TPSA) is 51.8 Å². The molecule has 2 rings (SSSR count). The van der Waals surface area contributed by atoms with E-state index in [4.69, 9.17) is 25.5 Å². The highest BCUT2D eigenvalue weighted by atomic mass is 35.5. The van der Waals surface area contributed by atoms with E-state index in [0.717, 1.165) is 5.56 Å². The number of halogens is 1. The van der Waals surface area contributed by atoms with E-state index < -0.39 is 6.10 Å². The minimum Gasteiger partial charge on any atom is -0.490 e. The van der Waals surface area contributed by atoms with Gasteiger partial charge in [0.05, 0.1) is 24.5 Å². The summed E-state index contributed by atoms with van der Waals surface area (Å²) < 4.78 is 16.4. The average molecular weight is 311 g/mol. The van der Waals surface area contributed by atoms with E-state index in [0.29, 0.717) is 41.1 Å². The molecular weight excluding hydrogens is 292 g/mol. The first kappa shape index (κ1) is 15.7. The summed E-state index contributed by atoms with van der Waals surface area (Å²) >= 11 is 6.26. The first-order chi connectivity index (χ1) is 10.1. The van der Waals surface area contributed by atoms with Crippen LogP contribution in [0.4, 0.5) is 0 Å². The minimum absolute atomic E-state index is 0.408. The lowest BCUT2D eigenvalue weighted by Gasteiger charge is -2.16. The molecule has 0 aliphatic rings. The molecule has 0 saturated carbocycles. The van der Waals surface area contributed by atoms with Crippen molar-refractivity contribution in [2.75, 3.05) is 13.2 Å². The molecule has 114 valence electrons. The van der Waals surface area contributed by atoms with Gasteiger partial charge in [-0.05, 0) is 38.5 Å². The zero-order valence-corrected chi connectivity index (χ0v) is 13.1. The van der Waals surface area contributed by atoms with Gasteiger partial charge in [0, 0.05) is 11.6 Å². The predicted octanol–water partition coefficient (Wildman–Crippen LogP) is 4.12. The lowest BCUT2D eigenvalue weighted by atomic mass is 10.0. The van der Waals surface area contributed by atoms with Crippen LogP contribution < -0.4 is 9.47 Å². The van der Waals surface area contributed by atoms with Crippen LogP contribution in [0, 0.1) is 6.92 Å². The summed E-state index contributed by atoms with van der Waals surface area (Å²) in [7, 11) is 0. The Morgan fingerprint density at radius 2 is 1.81 bits per heavy atom. The van der Waals surface area contributed by atoms with Crippen LogP contribution in [-0.4, -0.2) is 18.3 Å². The molecule has 0 saturated heterocycles. The number of benzene rings is 1. The Hall–Kier alpha value is -1.65. The van der Waals surface area contributed by atoms with Crippen molar-refractivity contribution >= 4 is 11.6 Å². The van der Waals surface area contributed by atoms with E-state index in [9.17, 15) is 5.11 Å². The molecule has 1 N–H and O–H groups in total. The Bertz CT molecular complexity index is 606. The van der Waals surface area contributed by atoms with Crippen LogP contribution in [0.1, 0.15) is 36.8 Å². The summed E-state index contributed by atoms with van der Waals surface area (Å²) in [5.41, 5.74) is 1.40. The van der Waals surface area contributed by atoms with Gasteiger partial charge in [-0.25, -0.2) is 0 Å². The second-order valence-electron chi connectivity index (χ2n) is 4.56. The number of hydrogen-bond acceptors (Lipinski definition) is 4. The highest BCUT2D eigenvalue weighted by molar-refractivity contribution is 6.31. The van der Waals surface area contributed by atoms with E-state index in [1.807, 2.05) is 20.8 Å². The summed E-state index contributed by atoms with van der Waals surface area (Å²) in [5, 5.41) is 10.9. The maximum atomic E-state index is 10.5. The quantitative estimate of drug-likeness (QED) is 0.872. The van der Waals surface area contributed by atoms with Crippen LogP contribution in [0.25, 0.3) is 0 Å². The fraction of sp³-hybridized carbons (Fsp3) is 0.375. The van der Waals surface area contributed by atoms with Gasteiger partial charge >= 0.3 is 0 Å². The van der Waals surface area contributed by atoms with Crippen LogP contribution in [0.2, 0.25) is 5.02 Å². The van der Waals surface area contributed by atoms with Crippen molar-refractivity contribution in [1.82, 2.24) is 0 Å². The number of aryl methyl sites for hydroxylation is 1. The van der Waals surface area contributed by atoms with Crippen molar-refractivity contribution in [3.8, 4) is 11.5 Å². The summed E-state index contributed by atoms with van der Waals surface area (Å²) in [4.78, 5) is 0. The molecule has 4 nitrogen and oxygen atoms in total. The SMILES string of the molecule is CCOc1cc(Cl)c(C(O)c2occc2C)cc1OCC. The fourth-order valence-corrected chi connectivity index (χ4v) is 2.36. The van der Waals surface area contributed by atoms with Crippen molar-refractivity contribution in [2.45, 2.75) is 26.9 Å². The van der Waals surface area contributed by atoms with Gasteiger partial charge in [0.25, 0.3) is 0 Å². The Morgan fingerprint density at radius 3 is 2.33 bits per heavy atom. The molecule has 1 aromatic heterocycles. The van der Waals surface area contributed by atoms with Gasteiger partial charge in [-0.15, -0.1) is 0 Å². The molecule has 0 spiro atoms. The summed E-state index contributed by atoms with van der Waals surface area (Å²) in [6, 6.07) is 5.15. The van der Waals surface area contributed by atoms with Crippen LogP contribution in [0.15, 0.2) is 28.9 Å². The highest BCUT2D eigenvalue weighted by Gasteiger charge is 2.22. The third-order valence-corrected chi connectivity index (χ3v) is 3.43. The summed E-state index contributed by atoms with van der Waals surface area (Å²) in [6.45, 7) is 6.65.